The second kappa shape index (κ2) is 5.07. The van der Waals surface area contributed by atoms with E-state index in [1.165, 1.54) is 10.1 Å². The van der Waals surface area contributed by atoms with Gasteiger partial charge in [-0.3, -0.25) is 4.90 Å². The summed E-state index contributed by atoms with van der Waals surface area (Å²) in [6.07, 6.45) is 0. The maximum absolute atomic E-state index is 9.43. The van der Waals surface area contributed by atoms with Gasteiger partial charge in [0.2, 0.25) is 0 Å². The summed E-state index contributed by atoms with van der Waals surface area (Å²) in [5.74, 6) is 0. The van der Waals surface area contributed by atoms with Crippen LogP contribution in [0.5, 0.6) is 0 Å². The molecule has 0 bridgehead atoms. The van der Waals surface area contributed by atoms with Crippen LogP contribution >= 0.6 is 11.3 Å². The van der Waals surface area contributed by atoms with Crippen molar-refractivity contribution in [3.63, 3.8) is 0 Å². The molecule has 4 heteroatoms. The molecule has 1 aliphatic rings. The zero-order valence-corrected chi connectivity index (χ0v) is 10.8. The number of ether oxygens (including phenoxy) is 1. The number of thiophene rings is 1. The van der Waals surface area contributed by atoms with Crippen molar-refractivity contribution in [3.05, 3.63) is 35.2 Å². The van der Waals surface area contributed by atoms with Crippen molar-refractivity contribution in [1.82, 2.24) is 4.90 Å². The minimum Gasteiger partial charge on any atom is -0.379 e. The fourth-order valence-corrected chi connectivity index (χ4v) is 3.44. The first-order valence-corrected chi connectivity index (χ1v) is 6.90. The van der Waals surface area contributed by atoms with Gasteiger partial charge < -0.3 is 4.74 Å². The summed E-state index contributed by atoms with van der Waals surface area (Å²) < 4.78 is 6.59. The van der Waals surface area contributed by atoms with Gasteiger partial charge in [0.05, 0.1) is 19.3 Å². The number of hydrogen-bond donors (Lipinski definition) is 0. The molecule has 1 aromatic carbocycles. The summed E-state index contributed by atoms with van der Waals surface area (Å²) in [7, 11) is 0. The third-order valence-corrected chi connectivity index (χ3v) is 4.42. The number of fused-ring (bicyclic) bond motifs is 1. The second-order valence-corrected chi connectivity index (χ2v) is 5.48. The minimum absolute atomic E-state index is 0.133. The molecule has 1 unspecified atom stereocenters. The summed E-state index contributed by atoms with van der Waals surface area (Å²) in [5, 5.41) is 10.7. The van der Waals surface area contributed by atoms with Gasteiger partial charge in [0, 0.05) is 22.7 Å². The molecule has 0 N–H and O–H groups in total. The van der Waals surface area contributed by atoms with Crippen molar-refractivity contribution in [3.8, 4) is 6.07 Å². The maximum atomic E-state index is 9.43. The monoisotopic (exact) mass is 258 g/mol. The topological polar surface area (TPSA) is 36.3 Å². The van der Waals surface area contributed by atoms with Crippen molar-refractivity contribution in [2.75, 3.05) is 26.3 Å². The number of benzene rings is 1. The SMILES string of the molecule is N#CC(c1cc2ccccc2s1)N1CCOCC1. The van der Waals surface area contributed by atoms with E-state index in [0.717, 1.165) is 31.2 Å². The van der Waals surface area contributed by atoms with E-state index < -0.39 is 0 Å². The average molecular weight is 258 g/mol. The molecular formula is C14H14N2OS. The highest BCUT2D eigenvalue weighted by atomic mass is 32.1. The van der Waals surface area contributed by atoms with Crippen LogP contribution in [-0.2, 0) is 4.74 Å². The van der Waals surface area contributed by atoms with Gasteiger partial charge in [0.1, 0.15) is 6.04 Å². The van der Waals surface area contributed by atoms with Gasteiger partial charge in [0.25, 0.3) is 0 Å². The fourth-order valence-electron chi connectivity index (χ4n) is 2.30. The van der Waals surface area contributed by atoms with Crippen molar-refractivity contribution < 1.29 is 4.74 Å². The second-order valence-electron chi connectivity index (χ2n) is 4.37. The van der Waals surface area contributed by atoms with Crippen LogP contribution in [-0.4, -0.2) is 31.2 Å². The first-order chi connectivity index (χ1) is 8.88. The van der Waals surface area contributed by atoms with Gasteiger partial charge in [0.15, 0.2) is 0 Å². The van der Waals surface area contributed by atoms with Crippen LogP contribution < -0.4 is 0 Å². The van der Waals surface area contributed by atoms with Crippen LogP contribution in [0.25, 0.3) is 10.1 Å². The Hall–Kier alpha value is -1.41. The molecule has 0 amide bonds. The average Bonchev–Trinajstić information content (AvgIpc) is 2.84. The van der Waals surface area contributed by atoms with E-state index in [1.54, 1.807) is 11.3 Å². The number of nitrogens with zero attached hydrogens (tertiary/aromatic N) is 2. The Morgan fingerprint density at radius 1 is 1.28 bits per heavy atom. The predicted octanol–water partition coefficient (Wildman–Crippen LogP) is 2.80. The Labute approximate surface area is 110 Å². The molecule has 18 heavy (non-hydrogen) atoms. The molecule has 0 radical (unpaired) electrons. The molecule has 92 valence electrons. The van der Waals surface area contributed by atoms with Gasteiger partial charge in [-0.15, -0.1) is 11.3 Å². The number of morpholine rings is 1. The van der Waals surface area contributed by atoms with Crippen molar-refractivity contribution in [1.29, 1.82) is 5.26 Å². The Balaban J connectivity index is 1.93. The first kappa shape index (κ1) is 11.7. The van der Waals surface area contributed by atoms with Gasteiger partial charge >= 0.3 is 0 Å². The predicted molar refractivity (Wildman–Crippen MR) is 72.6 cm³/mol. The van der Waals surface area contributed by atoms with Gasteiger partial charge in [-0.25, -0.2) is 0 Å². The highest BCUT2D eigenvalue weighted by Gasteiger charge is 2.23. The molecule has 3 rings (SSSR count). The largest absolute Gasteiger partial charge is 0.379 e. The Kier molecular flexibility index (Phi) is 3.28. The highest BCUT2D eigenvalue weighted by Crippen LogP contribution is 2.32. The number of nitriles is 1. The van der Waals surface area contributed by atoms with E-state index >= 15 is 0 Å². The lowest BCUT2D eigenvalue weighted by molar-refractivity contribution is 0.0272. The fraction of sp³-hybridized carbons (Fsp3) is 0.357. The Bertz CT molecular complexity index is 548. The first-order valence-electron chi connectivity index (χ1n) is 6.08. The number of rotatable bonds is 2. The minimum atomic E-state index is -0.133. The molecule has 1 aromatic heterocycles. The third kappa shape index (κ3) is 2.13. The maximum Gasteiger partial charge on any atom is 0.133 e. The summed E-state index contributed by atoms with van der Waals surface area (Å²) in [6.45, 7) is 3.13. The summed E-state index contributed by atoms with van der Waals surface area (Å²) in [4.78, 5) is 3.34. The molecule has 0 saturated carbocycles. The van der Waals surface area contributed by atoms with E-state index in [0.29, 0.717) is 0 Å². The van der Waals surface area contributed by atoms with Crippen LogP contribution in [0.1, 0.15) is 10.9 Å². The molecule has 0 spiro atoms. The van der Waals surface area contributed by atoms with Gasteiger partial charge in [-0.2, -0.15) is 5.26 Å². The molecular weight excluding hydrogens is 244 g/mol. The van der Waals surface area contributed by atoms with Crippen LogP contribution in [0.2, 0.25) is 0 Å². The third-order valence-electron chi connectivity index (χ3n) is 3.25. The molecule has 1 fully saturated rings. The molecule has 0 aliphatic carbocycles. The molecule has 1 aliphatic heterocycles. The van der Waals surface area contributed by atoms with Crippen molar-refractivity contribution in [2.24, 2.45) is 0 Å². The summed E-state index contributed by atoms with van der Waals surface area (Å²) in [5.41, 5.74) is 0. The normalized spacial score (nSPS) is 18.6. The zero-order chi connectivity index (χ0) is 12.4. The van der Waals surface area contributed by atoms with Gasteiger partial charge in [-0.1, -0.05) is 18.2 Å². The molecule has 2 aromatic rings. The highest BCUT2D eigenvalue weighted by molar-refractivity contribution is 7.19. The smallest absolute Gasteiger partial charge is 0.133 e. The summed E-state index contributed by atoms with van der Waals surface area (Å²) in [6, 6.07) is 12.7. The Morgan fingerprint density at radius 2 is 2.06 bits per heavy atom. The van der Waals surface area contributed by atoms with Gasteiger partial charge in [-0.05, 0) is 17.5 Å². The standard InChI is InChI=1S/C14H14N2OS/c15-10-12(16-5-7-17-8-6-16)14-9-11-3-1-2-4-13(11)18-14/h1-4,9,12H,5-8H2. The quantitative estimate of drug-likeness (QED) is 0.831. The molecule has 3 nitrogen and oxygen atoms in total. The molecule has 1 saturated heterocycles. The van der Waals surface area contributed by atoms with E-state index in [-0.39, 0.29) is 6.04 Å². The number of hydrogen-bond acceptors (Lipinski definition) is 4. The lowest BCUT2D eigenvalue weighted by Crippen LogP contribution is -2.38. The lowest BCUT2D eigenvalue weighted by Gasteiger charge is -2.29. The molecule has 2 heterocycles. The zero-order valence-electron chi connectivity index (χ0n) is 10.0. The van der Waals surface area contributed by atoms with E-state index in [2.05, 4.69) is 29.2 Å². The van der Waals surface area contributed by atoms with Crippen molar-refractivity contribution >= 4 is 21.4 Å². The molecule has 1 atom stereocenters. The van der Waals surface area contributed by atoms with E-state index in [4.69, 9.17) is 4.74 Å². The lowest BCUT2D eigenvalue weighted by atomic mass is 10.2. The van der Waals surface area contributed by atoms with E-state index in [9.17, 15) is 5.26 Å². The van der Waals surface area contributed by atoms with E-state index in [1.807, 2.05) is 12.1 Å². The van der Waals surface area contributed by atoms with Crippen LogP contribution in [0.15, 0.2) is 30.3 Å². The van der Waals surface area contributed by atoms with Crippen LogP contribution in [0.4, 0.5) is 0 Å². The van der Waals surface area contributed by atoms with Crippen LogP contribution in [0, 0.1) is 11.3 Å². The van der Waals surface area contributed by atoms with Crippen molar-refractivity contribution in [2.45, 2.75) is 6.04 Å². The Morgan fingerprint density at radius 3 is 2.78 bits per heavy atom. The summed E-state index contributed by atoms with van der Waals surface area (Å²) >= 11 is 1.72. The van der Waals surface area contributed by atoms with Crippen LogP contribution in [0.3, 0.4) is 0 Å².